The van der Waals surface area contributed by atoms with Gasteiger partial charge < -0.3 is 10.8 Å². The van der Waals surface area contributed by atoms with Crippen LogP contribution in [0.4, 0.5) is 0 Å². The van der Waals surface area contributed by atoms with Crippen molar-refractivity contribution in [3.05, 3.63) is 41.3 Å². The Hall–Kier alpha value is -1.81. The summed E-state index contributed by atoms with van der Waals surface area (Å²) in [5.41, 5.74) is 6.97. The van der Waals surface area contributed by atoms with Crippen molar-refractivity contribution in [1.82, 2.24) is 0 Å². The van der Waals surface area contributed by atoms with Gasteiger partial charge in [0.15, 0.2) is 5.06 Å². The summed E-state index contributed by atoms with van der Waals surface area (Å²) in [6.07, 6.45) is 0. The summed E-state index contributed by atoms with van der Waals surface area (Å²) < 4.78 is 0. The van der Waals surface area contributed by atoms with Crippen LogP contribution in [0, 0.1) is 0 Å². The van der Waals surface area contributed by atoms with Gasteiger partial charge in [-0.15, -0.1) is 11.3 Å². The second-order valence-corrected chi connectivity index (χ2v) is 3.92. The number of nitrogens with two attached hydrogens (primary N) is 1. The molecule has 1 heterocycles. The summed E-state index contributed by atoms with van der Waals surface area (Å²) in [4.78, 5) is 11.1. The fraction of sp³-hybridized carbons (Fsp3) is 0. The molecule has 2 rings (SSSR count). The first-order valence-corrected chi connectivity index (χ1v) is 5.24. The molecule has 0 fully saturated rings. The van der Waals surface area contributed by atoms with Gasteiger partial charge in [0.05, 0.1) is 0 Å². The van der Waals surface area contributed by atoms with Crippen LogP contribution in [0.1, 0.15) is 10.4 Å². The highest BCUT2D eigenvalue weighted by atomic mass is 32.1. The van der Waals surface area contributed by atoms with Gasteiger partial charge in [0.1, 0.15) is 5.56 Å². The van der Waals surface area contributed by atoms with Gasteiger partial charge >= 0.3 is 0 Å². The normalized spacial score (nSPS) is 10.1. The van der Waals surface area contributed by atoms with Gasteiger partial charge in [-0.3, -0.25) is 4.79 Å². The first kappa shape index (κ1) is 9.73. The summed E-state index contributed by atoms with van der Waals surface area (Å²) in [5.74, 6) is -0.604. The zero-order valence-electron chi connectivity index (χ0n) is 7.81. The molecule has 0 radical (unpaired) electrons. The van der Waals surface area contributed by atoms with E-state index < -0.39 is 5.91 Å². The minimum absolute atomic E-state index is 0.0265. The number of carbonyl (C=O) groups excluding carboxylic acids is 1. The van der Waals surface area contributed by atoms with Crippen LogP contribution in [0.5, 0.6) is 5.06 Å². The van der Waals surface area contributed by atoms with Crippen LogP contribution in [0.3, 0.4) is 0 Å². The van der Waals surface area contributed by atoms with Gasteiger partial charge in [-0.25, -0.2) is 0 Å². The Morgan fingerprint density at radius 1 is 1.27 bits per heavy atom. The lowest BCUT2D eigenvalue weighted by Gasteiger charge is -2.00. The van der Waals surface area contributed by atoms with Crippen molar-refractivity contribution >= 4 is 17.2 Å². The molecular weight excluding hydrogens is 210 g/mol. The maximum atomic E-state index is 11.1. The van der Waals surface area contributed by atoms with Crippen molar-refractivity contribution in [2.45, 2.75) is 0 Å². The Morgan fingerprint density at radius 3 is 2.53 bits per heavy atom. The van der Waals surface area contributed by atoms with E-state index in [-0.39, 0.29) is 10.6 Å². The number of primary amides is 1. The van der Waals surface area contributed by atoms with Crippen molar-refractivity contribution in [2.75, 3.05) is 0 Å². The average Bonchev–Trinajstić information content (AvgIpc) is 2.61. The topological polar surface area (TPSA) is 63.3 Å². The number of benzene rings is 1. The summed E-state index contributed by atoms with van der Waals surface area (Å²) in [6.45, 7) is 0. The molecule has 0 spiro atoms. The molecule has 0 saturated carbocycles. The third-order valence-corrected chi connectivity index (χ3v) is 2.88. The molecule has 0 aliphatic carbocycles. The second-order valence-electron chi connectivity index (χ2n) is 3.06. The van der Waals surface area contributed by atoms with Crippen LogP contribution in [-0.2, 0) is 0 Å². The first-order chi connectivity index (χ1) is 7.20. The zero-order valence-corrected chi connectivity index (χ0v) is 8.62. The molecule has 2 aromatic rings. The smallest absolute Gasteiger partial charge is 0.254 e. The van der Waals surface area contributed by atoms with E-state index in [2.05, 4.69) is 0 Å². The number of carbonyl (C=O) groups is 1. The molecule has 15 heavy (non-hydrogen) atoms. The molecule has 0 unspecified atom stereocenters. The Kier molecular flexibility index (Phi) is 2.43. The second kappa shape index (κ2) is 3.74. The molecule has 0 saturated heterocycles. The quantitative estimate of drug-likeness (QED) is 0.813. The lowest BCUT2D eigenvalue weighted by molar-refractivity contribution is 0.0999. The number of aromatic hydroxyl groups is 1. The van der Waals surface area contributed by atoms with Crippen molar-refractivity contribution in [3.63, 3.8) is 0 Å². The van der Waals surface area contributed by atoms with E-state index in [4.69, 9.17) is 5.73 Å². The van der Waals surface area contributed by atoms with Crippen LogP contribution < -0.4 is 5.73 Å². The van der Waals surface area contributed by atoms with Crippen LogP contribution in [0.25, 0.3) is 11.1 Å². The fourth-order valence-electron chi connectivity index (χ4n) is 1.42. The van der Waals surface area contributed by atoms with E-state index in [1.54, 1.807) is 5.38 Å². The molecule has 4 heteroatoms. The molecule has 76 valence electrons. The van der Waals surface area contributed by atoms with Gasteiger partial charge in [0.2, 0.25) is 0 Å². The summed E-state index contributed by atoms with van der Waals surface area (Å²) >= 11 is 1.11. The highest BCUT2D eigenvalue weighted by Gasteiger charge is 2.16. The molecular formula is C11H9NO2S. The van der Waals surface area contributed by atoms with E-state index in [0.29, 0.717) is 5.56 Å². The van der Waals surface area contributed by atoms with Gasteiger partial charge in [-0.05, 0) is 5.56 Å². The minimum atomic E-state index is -0.604. The SMILES string of the molecule is NC(=O)c1c(-c2ccccc2)csc1O. The number of amides is 1. The minimum Gasteiger partial charge on any atom is -0.499 e. The van der Waals surface area contributed by atoms with Crippen LogP contribution >= 0.6 is 11.3 Å². The summed E-state index contributed by atoms with van der Waals surface area (Å²) in [5, 5.41) is 11.2. The average molecular weight is 219 g/mol. The van der Waals surface area contributed by atoms with Crippen molar-refractivity contribution in [1.29, 1.82) is 0 Å². The third-order valence-electron chi connectivity index (χ3n) is 2.10. The van der Waals surface area contributed by atoms with Gasteiger partial charge in [-0.1, -0.05) is 30.3 Å². The molecule has 0 aliphatic rings. The molecule has 0 bridgehead atoms. The zero-order chi connectivity index (χ0) is 10.8. The number of thiophene rings is 1. The van der Waals surface area contributed by atoms with E-state index in [1.807, 2.05) is 30.3 Å². The third kappa shape index (κ3) is 1.71. The molecule has 3 nitrogen and oxygen atoms in total. The van der Waals surface area contributed by atoms with Crippen molar-refractivity contribution in [3.8, 4) is 16.2 Å². The van der Waals surface area contributed by atoms with Gasteiger partial charge in [0, 0.05) is 10.9 Å². The number of hydrogen-bond donors (Lipinski definition) is 2. The Labute approximate surface area is 90.8 Å². The Bertz CT molecular complexity index is 491. The van der Waals surface area contributed by atoms with Crippen molar-refractivity contribution < 1.29 is 9.90 Å². The van der Waals surface area contributed by atoms with Crippen molar-refractivity contribution in [2.24, 2.45) is 5.73 Å². The molecule has 1 aromatic carbocycles. The molecule has 0 aliphatic heterocycles. The maximum absolute atomic E-state index is 11.1. The van der Waals surface area contributed by atoms with E-state index in [1.165, 1.54) is 0 Å². The highest BCUT2D eigenvalue weighted by Crippen LogP contribution is 2.35. The monoisotopic (exact) mass is 219 g/mol. The van der Waals surface area contributed by atoms with Crippen LogP contribution in [0.2, 0.25) is 0 Å². The summed E-state index contributed by atoms with van der Waals surface area (Å²) in [7, 11) is 0. The lowest BCUT2D eigenvalue weighted by Crippen LogP contribution is -2.11. The standard InChI is InChI=1S/C11H9NO2S/c12-10(13)9-8(6-15-11(9)14)7-4-2-1-3-5-7/h1-6,14H,(H2,12,13). The number of hydrogen-bond acceptors (Lipinski definition) is 3. The van der Waals surface area contributed by atoms with E-state index >= 15 is 0 Å². The van der Waals surface area contributed by atoms with E-state index in [9.17, 15) is 9.90 Å². The molecule has 0 atom stereocenters. The Balaban J connectivity index is 2.59. The first-order valence-electron chi connectivity index (χ1n) is 4.36. The predicted molar refractivity (Wildman–Crippen MR) is 59.9 cm³/mol. The Morgan fingerprint density at radius 2 is 1.93 bits per heavy atom. The van der Waals surface area contributed by atoms with Gasteiger partial charge in [0.25, 0.3) is 5.91 Å². The largest absolute Gasteiger partial charge is 0.499 e. The van der Waals surface area contributed by atoms with E-state index in [0.717, 1.165) is 16.9 Å². The summed E-state index contributed by atoms with van der Waals surface area (Å²) in [6, 6.07) is 9.37. The van der Waals surface area contributed by atoms with Gasteiger partial charge in [-0.2, -0.15) is 0 Å². The van der Waals surface area contributed by atoms with Crippen LogP contribution in [-0.4, -0.2) is 11.0 Å². The molecule has 3 N–H and O–H groups in total. The molecule has 1 aromatic heterocycles. The predicted octanol–water partition coefficient (Wildman–Crippen LogP) is 2.22. The lowest BCUT2D eigenvalue weighted by atomic mass is 10.0. The highest BCUT2D eigenvalue weighted by molar-refractivity contribution is 7.12. The van der Waals surface area contributed by atoms with Crippen LogP contribution in [0.15, 0.2) is 35.7 Å². The molecule has 1 amide bonds. The number of rotatable bonds is 2. The maximum Gasteiger partial charge on any atom is 0.254 e. The fourth-order valence-corrected chi connectivity index (χ4v) is 2.23.